The van der Waals surface area contributed by atoms with Gasteiger partial charge in [-0.1, -0.05) is 25.0 Å². The van der Waals surface area contributed by atoms with Crippen LogP contribution in [0.2, 0.25) is 0 Å². The van der Waals surface area contributed by atoms with Crippen molar-refractivity contribution in [3.05, 3.63) is 36.0 Å². The lowest BCUT2D eigenvalue weighted by atomic mass is 10.2. The molecule has 2 nitrogen and oxygen atoms in total. The maximum absolute atomic E-state index is 3.58. The zero-order chi connectivity index (χ0) is 13.0. The van der Waals surface area contributed by atoms with Crippen molar-refractivity contribution in [3.63, 3.8) is 0 Å². The highest BCUT2D eigenvalue weighted by atomic mass is 15.0. The van der Waals surface area contributed by atoms with Crippen LogP contribution in [0.1, 0.15) is 32.3 Å². The standard InChI is InChI=1S/C16H24N2/c1-4-5-14(3)17-9-11-18-10-8-15-12-13(2)6-7-16(15)18/h6-8,10,12,14,17H,4-5,9,11H2,1-3H3. The lowest BCUT2D eigenvalue weighted by molar-refractivity contribution is 0.489. The van der Waals surface area contributed by atoms with Gasteiger partial charge in [-0.05, 0) is 43.9 Å². The highest BCUT2D eigenvalue weighted by Gasteiger charge is 2.02. The molecule has 0 aliphatic heterocycles. The van der Waals surface area contributed by atoms with Gasteiger partial charge in [0.15, 0.2) is 0 Å². The summed E-state index contributed by atoms with van der Waals surface area (Å²) in [7, 11) is 0. The quantitative estimate of drug-likeness (QED) is 0.819. The Balaban J connectivity index is 1.96. The van der Waals surface area contributed by atoms with Gasteiger partial charge in [-0.15, -0.1) is 0 Å². The molecule has 1 heterocycles. The number of rotatable bonds is 6. The summed E-state index contributed by atoms with van der Waals surface area (Å²) >= 11 is 0. The second-order valence-electron chi connectivity index (χ2n) is 5.22. The van der Waals surface area contributed by atoms with Crippen molar-refractivity contribution in [2.24, 2.45) is 0 Å². The molecule has 0 spiro atoms. The summed E-state index contributed by atoms with van der Waals surface area (Å²) in [6.07, 6.45) is 4.70. The number of fused-ring (bicyclic) bond motifs is 1. The molecule has 0 amide bonds. The van der Waals surface area contributed by atoms with E-state index in [0.29, 0.717) is 6.04 Å². The van der Waals surface area contributed by atoms with Crippen LogP contribution >= 0.6 is 0 Å². The third kappa shape index (κ3) is 3.14. The van der Waals surface area contributed by atoms with Gasteiger partial charge in [0.05, 0.1) is 0 Å². The molecule has 1 unspecified atom stereocenters. The van der Waals surface area contributed by atoms with Crippen molar-refractivity contribution in [3.8, 4) is 0 Å². The number of hydrogen-bond donors (Lipinski definition) is 1. The second kappa shape index (κ2) is 6.05. The fraction of sp³-hybridized carbons (Fsp3) is 0.500. The van der Waals surface area contributed by atoms with Gasteiger partial charge in [0, 0.05) is 30.8 Å². The van der Waals surface area contributed by atoms with E-state index in [2.05, 4.69) is 61.1 Å². The Morgan fingerprint density at radius 3 is 2.89 bits per heavy atom. The first-order chi connectivity index (χ1) is 8.70. The van der Waals surface area contributed by atoms with Crippen LogP contribution in [0.25, 0.3) is 10.9 Å². The molecule has 1 atom stereocenters. The van der Waals surface area contributed by atoms with E-state index in [1.54, 1.807) is 0 Å². The average molecular weight is 244 g/mol. The van der Waals surface area contributed by atoms with Crippen LogP contribution in [0.4, 0.5) is 0 Å². The molecule has 2 heteroatoms. The summed E-state index contributed by atoms with van der Waals surface area (Å²) in [5, 5.41) is 4.92. The summed E-state index contributed by atoms with van der Waals surface area (Å²) < 4.78 is 2.33. The molecule has 98 valence electrons. The van der Waals surface area contributed by atoms with E-state index in [1.807, 2.05) is 0 Å². The number of hydrogen-bond acceptors (Lipinski definition) is 1. The monoisotopic (exact) mass is 244 g/mol. The van der Waals surface area contributed by atoms with E-state index in [9.17, 15) is 0 Å². The van der Waals surface area contributed by atoms with Crippen LogP contribution < -0.4 is 5.32 Å². The Hall–Kier alpha value is -1.28. The maximum atomic E-state index is 3.58. The maximum Gasteiger partial charge on any atom is 0.0480 e. The van der Waals surface area contributed by atoms with Gasteiger partial charge >= 0.3 is 0 Å². The summed E-state index contributed by atoms with van der Waals surface area (Å²) in [5.74, 6) is 0. The van der Waals surface area contributed by atoms with Gasteiger partial charge in [-0.2, -0.15) is 0 Å². The van der Waals surface area contributed by atoms with Crippen LogP contribution in [0.15, 0.2) is 30.5 Å². The molecule has 18 heavy (non-hydrogen) atoms. The van der Waals surface area contributed by atoms with Crippen molar-refractivity contribution >= 4 is 10.9 Å². The van der Waals surface area contributed by atoms with E-state index < -0.39 is 0 Å². The Labute approximate surface area is 110 Å². The van der Waals surface area contributed by atoms with Crippen LogP contribution in [-0.4, -0.2) is 17.2 Å². The number of nitrogens with zero attached hydrogens (tertiary/aromatic N) is 1. The normalized spacial score (nSPS) is 13.1. The summed E-state index contributed by atoms with van der Waals surface area (Å²) in [6, 6.07) is 9.49. The number of aryl methyl sites for hydroxylation is 1. The molecular formula is C16H24N2. The molecule has 1 aromatic carbocycles. The Kier molecular flexibility index (Phi) is 4.43. The molecule has 0 bridgehead atoms. The molecule has 1 N–H and O–H groups in total. The third-order valence-electron chi connectivity index (χ3n) is 3.49. The zero-order valence-electron chi connectivity index (χ0n) is 11.7. The van der Waals surface area contributed by atoms with Gasteiger partial charge in [-0.3, -0.25) is 0 Å². The number of aromatic nitrogens is 1. The number of nitrogens with one attached hydrogen (secondary N) is 1. The molecule has 0 radical (unpaired) electrons. The van der Waals surface area contributed by atoms with Crippen molar-refractivity contribution < 1.29 is 0 Å². The molecule has 0 saturated carbocycles. The minimum atomic E-state index is 0.624. The molecule has 1 aromatic heterocycles. The van der Waals surface area contributed by atoms with E-state index in [-0.39, 0.29) is 0 Å². The lowest BCUT2D eigenvalue weighted by Gasteiger charge is -2.13. The van der Waals surface area contributed by atoms with Crippen LogP contribution in [-0.2, 0) is 6.54 Å². The van der Waals surface area contributed by atoms with Crippen LogP contribution in [0.3, 0.4) is 0 Å². The van der Waals surface area contributed by atoms with Crippen molar-refractivity contribution in [2.75, 3.05) is 6.54 Å². The Morgan fingerprint density at radius 2 is 2.11 bits per heavy atom. The topological polar surface area (TPSA) is 17.0 Å². The minimum Gasteiger partial charge on any atom is -0.346 e. The first-order valence-corrected chi connectivity index (χ1v) is 6.99. The highest BCUT2D eigenvalue weighted by Crippen LogP contribution is 2.17. The fourth-order valence-corrected chi connectivity index (χ4v) is 2.48. The largest absolute Gasteiger partial charge is 0.346 e. The first-order valence-electron chi connectivity index (χ1n) is 6.99. The summed E-state index contributed by atoms with van der Waals surface area (Å²) in [5.41, 5.74) is 2.67. The molecule has 0 aliphatic rings. The van der Waals surface area contributed by atoms with Gasteiger partial charge in [0.2, 0.25) is 0 Å². The van der Waals surface area contributed by atoms with Gasteiger partial charge < -0.3 is 9.88 Å². The van der Waals surface area contributed by atoms with Crippen molar-refractivity contribution in [1.29, 1.82) is 0 Å². The summed E-state index contributed by atoms with van der Waals surface area (Å²) in [6.45, 7) is 8.73. The smallest absolute Gasteiger partial charge is 0.0480 e. The van der Waals surface area contributed by atoms with Crippen LogP contribution in [0, 0.1) is 6.92 Å². The minimum absolute atomic E-state index is 0.624. The van der Waals surface area contributed by atoms with Gasteiger partial charge in [-0.25, -0.2) is 0 Å². The highest BCUT2D eigenvalue weighted by molar-refractivity contribution is 5.80. The van der Waals surface area contributed by atoms with Gasteiger partial charge in [0.25, 0.3) is 0 Å². The van der Waals surface area contributed by atoms with E-state index in [4.69, 9.17) is 0 Å². The lowest BCUT2D eigenvalue weighted by Crippen LogP contribution is -2.29. The molecule has 0 fully saturated rings. The Morgan fingerprint density at radius 1 is 1.28 bits per heavy atom. The second-order valence-corrected chi connectivity index (χ2v) is 5.22. The Bertz CT molecular complexity index is 499. The molecular weight excluding hydrogens is 220 g/mol. The molecule has 2 aromatic rings. The number of benzene rings is 1. The molecule has 0 saturated heterocycles. The average Bonchev–Trinajstić information content (AvgIpc) is 2.72. The first kappa shape index (κ1) is 13.2. The molecule has 0 aliphatic carbocycles. The predicted molar refractivity (Wildman–Crippen MR) is 79.0 cm³/mol. The van der Waals surface area contributed by atoms with E-state index >= 15 is 0 Å². The van der Waals surface area contributed by atoms with E-state index in [1.165, 1.54) is 29.3 Å². The van der Waals surface area contributed by atoms with Crippen molar-refractivity contribution in [1.82, 2.24) is 9.88 Å². The van der Waals surface area contributed by atoms with E-state index in [0.717, 1.165) is 13.1 Å². The van der Waals surface area contributed by atoms with Gasteiger partial charge in [0.1, 0.15) is 0 Å². The SMILES string of the molecule is CCCC(C)NCCn1ccc2cc(C)ccc21. The summed E-state index contributed by atoms with van der Waals surface area (Å²) in [4.78, 5) is 0. The van der Waals surface area contributed by atoms with Crippen molar-refractivity contribution in [2.45, 2.75) is 46.2 Å². The predicted octanol–water partition coefficient (Wildman–Crippen LogP) is 3.73. The van der Waals surface area contributed by atoms with Crippen LogP contribution in [0.5, 0.6) is 0 Å². The fourth-order valence-electron chi connectivity index (χ4n) is 2.48. The molecule has 2 rings (SSSR count). The zero-order valence-corrected chi connectivity index (χ0v) is 11.7. The third-order valence-corrected chi connectivity index (χ3v) is 3.49.